The van der Waals surface area contributed by atoms with E-state index in [4.69, 9.17) is 10.5 Å². The Hall–Kier alpha value is -1.22. The highest BCUT2D eigenvalue weighted by Gasteiger charge is 2.27. The summed E-state index contributed by atoms with van der Waals surface area (Å²) in [6, 6.07) is 7.16. The summed E-state index contributed by atoms with van der Waals surface area (Å²) in [5.74, 6) is 0.962. The van der Waals surface area contributed by atoms with Crippen molar-refractivity contribution in [2.75, 3.05) is 12.3 Å². The van der Waals surface area contributed by atoms with Crippen molar-refractivity contribution in [1.82, 2.24) is 5.32 Å². The molecule has 1 fully saturated rings. The SMILES string of the molecule is Nc1ccc2c(c1)OCC(NC1CC1)C2. The molecule has 0 bridgehead atoms. The summed E-state index contributed by atoms with van der Waals surface area (Å²) < 4.78 is 5.70. The normalized spacial score (nSPS) is 24.4. The zero-order valence-electron chi connectivity index (χ0n) is 8.70. The lowest BCUT2D eigenvalue weighted by atomic mass is 10.0. The van der Waals surface area contributed by atoms with E-state index in [2.05, 4.69) is 11.4 Å². The second-order valence-corrected chi connectivity index (χ2v) is 4.52. The smallest absolute Gasteiger partial charge is 0.124 e. The number of hydrogen-bond donors (Lipinski definition) is 2. The van der Waals surface area contributed by atoms with Gasteiger partial charge in [-0.1, -0.05) is 6.07 Å². The molecule has 1 aliphatic heterocycles. The fourth-order valence-electron chi connectivity index (χ4n) is 2.08. The molecule has 3 N–H and O–H groups in total. The maximum absolute atomic E-state index is 5.71. The van der Waals surface area contributed by atoms with Crippen molar-refractivity contribution in [3.63, 3.8) is 0 Å². The summed E-state index contributed by atoms with van der Waals surface area (Å²) in [5, 5.41) is 3.59. The summed E-state index contributed by atoms with van der Waals surface area (Å²) in [4.78, 5) is 0. The van der Waals surface area contributed by atoms with Crippen molar-refractivity contribution in [2.45, 2.75) is 31.3 Å². The zero-order valence-corrected chi connectivity index (χ0v) is 8.70. The quantitative estimate of drug-likeness (QED) is 0.714. The van der Waals surface area contributed by atoms with E-state index in [1.165, 1.54) is 18.4 Å². The van der Waals surface area contributed by atoms with Crippen molar-refractivity contribution < 1.29 is 4.74 Å². The Morgan fingerprint density at radius 3 is 2.93 bits per heavy atom. The Balaban J connectivity index is 1.74. The summed E-state index contributed by atoms with van der Waals surface area (Å²) in [6.07, 6.45) is 3.71. The first kappa shape index (κ1) is 9.04. The Bertz CT molecular complexity index is 374. The Morgan fingerprint density at radius 1 is 1.27 bits per heavy atom. The average molecular weight is 204 g/mol. The second-order valence-electron chi connectivity index (χ2n) is 4.52. The molecule has 15 heavy (non-hydrogen) atoms. The first-order chi connectivity index (χ1) is 7.31. The molecule has 1 unspecified atom stereocenters. The van der Waals surface area contributed by atoms with Gasteiger partial charge in [-0.25, -0.2) is 0 Å². The molecule has 0 spiro atoms. The maximum atomic E-state index is 5.71. The predicted octanol–water partition coefficient (Wildman–Crippen LogP) is 1.32. The number of rotatable bonds is 2. The highest BCUT2D eigenvalue weighted by Crippen LogP contribution is 2.28. The van der Waals surface area contributed by atoms with Crippen LogP contribution in [0.5, 0.6) is 5.75 Å². The molecule has 0 amide bonds. The third-order valence-electron chi connectivity index (χ3n) is 3.05. The minimum absolute atomic E-state index is 0.480. The first-order valence-corrected chi connectivity index (χ1v) is 5.58. The molecule has 3 nitrogen and oxygen atoms in total. The fourth-order valence-corrected chi connectivity index (χ4v) is 2.08. The van der Waals surface area contributed by atoms with Crippen LogP contribution in [-0.2, 0) is 6.42 Å². The average Bonchev–Trinajstić information content (AvgIpc) is 3.02. The number of nitrogen functional groups attached to an aromatic ring is 1. The predicted molar refractivity (Wildman–Crippen MR) is 60.0 cm³/mol. The van der Waals surface area contributed by atoms with Gasteiger partial charge in [0.2, 0.25) is 0 Å². The highest BCUT2D eigenvalue weighted by atomic mass is 16.5. The number of hydrogen-bond acceptors (Lipinski definition) is 3. The van der Waals surface area contributed by atoms with Gasteiger partial charge in [0.1, 0.15) is 12.4 Å². The Labute approximate surface area is 89.6 Å². The molecule has 1 aromatic carbocycles. The van der Waals surface area contributed by atoms with Gasteiger partial charge < -0.3 is 15.8 Å². The minimum atomic E-state index is 0.480. The van der Waals surface area contributed by atoms with Gasteiger partial charge in [0.25, 0.3) is 0 Å². The zero-order chi connectivity index (χ0) is 10.3. The van der Waals surface area contributed by atoms with E-state index in [1.54, 1.807) is 0 Å². The van der Waals surface area contributed by atoms with E-state index in [9.17, 15) is 0 Å². The topological polar surface area (TPSA) is 47.3 Å². The highest BCUT2D eigenvalue weighted by molar-refractivity contribution is 5.49. The van der Waals surface area contributed by atoms with Crippen LogP contribution in [0.1, 0.15) is 18.4 Å². The number of nitrogens with two attached hydrogens (primary N) is 1. The molecular weight excluding hydrogens is 188 g/mol. The van der Waals surface area contributed by atoms with Gasteiger partial charge >= 0.3 is 0 Å². The van der Waals surface area contributed by atoms with Gasteiger partial charge in [-0.05, 0) is 30.9 Å². The van der Waals surface area contributed by atoms with Crippen molar-refractivity contribution in [2.24, 2.45) is 0 Å². The number of nitrogens with one attached hydrogen (secondary N) is 1. The number of anilines is 1. The van der Waals surface area contributed by atoms with Crippen LogP contribution in [-0.4, -0.2) is 18.7 Å². The maximum Gasteiger partial charge on any atom is 0.124 e. The van der Waals surface area contributed by atoms with Crippen LogP contribution >= 0.6 is 0 Å². The van der Waals surface area contributed by atoms with Gasteiger partial charge in [0.05, 0.1) is 0 Å². The summed E-state index contributed by atoms with van der Waals surface area (Å²) in [5.41, 5.74) is 7.76. The molecular formula is C12H16N2O. The van der Waals surface area contributed by atoms with Crippen LogP contribution in [0.25, 0.3) is 0 Å². The summed E-state index contributed by atoms with van der Waals surface area (Å²) in [7, 11) is 0. The van der Waals surface area contributed by atoms with Crippen LogP contribution in [0.2, 0.25) is 0 Å². The monoisotopic (exact) mass is 204 g/mol. The second kappa shape index (κ2) is 3.42. The van der Waals surface area contributed by atoms with Gasteiger partial charge in [0, 0.05) is 23.8 Å². The number of ether oxygens (including phenoxy) is 1. The Kier molecular flexibility index (Phi) is 2.06. The molecule has 1 saturated carbocycles. The summed E-state index contributed by atoms with van der Waals surface area (Å²) >= 11 is 0. The molecule has 0 radical (unpaired) electrons. The van der Waals surface area contributed by atoms with Crippen molar-refractivity contribution in [3.8, 4) is 5.75 Å². The van der Waals surface area contributed by atoms with Crippen LogP contribution in [0, 0.1) is 0 Å². The molecule has 1 aromatic rings. The van der Waals surface area contributed by atoms with Gasteiger partial charge in [-0.3, -0.25) is 0 Å². The third kappa shape index (κ3) is 1.92. The molecule has 3 rings (SSSR count). The largest absolute Gasteiger partial charge is 0.492 e. The molecule has 1 aliphatic carbocycles. The molecule has 1 heterocycles. The first-order valence-electron chi connectivity index (χ1n) is 5.58. The van der Waals surface area contributed by atoms with Crippen molar-refractivity contribution in [1.29, 1.82) is 0 Å². The van der Waals surface area contributed by atoms with E-state index in [1.807, 2.05) is 12.1 Å². The molecule has 0 saturated heterocycles. The lowest BCUT2D eigenvalue weighted by Crippen LogP contribution is -2.40. The van der Waals surface area contributed by atoms with Crippen molar-refractivity contribution in [3.05, 3.63) is 23.8 Å². The van der Waals surface area contributed by atoms with Crippen LogP contribution in [0.3, 0.4) is 0 Å². The molecule has 80 valence electrons. The van der Waals surface area contributed by atoms with Gasteiger partial charge in [0.15, 0.2) is 0 Å². The lowest BCUT2D eigenvalue weighted by molar-refractivity contribution is 0.238. The van der Waals surface area contributed by atoms with Crippen LogP contribution in [0.15, 0.2) is 18.2 Å². The third-order valence-corrected chi connectivity index (χ3v) is 3.05. The van der Waals surface area contributed by atoms with E-state index in [0.29, 0.717) is 6.04 Å². The number of fused-ring (bicyclic) bond motifs is 1. The molecule has 3 heteroatoms. The fraction of sp³-hybridized carbons (Fsp3) is 0.500. The van der Waals surface area contributed by atoms with Crippen LogP contribution < -0.4 is 15.8 Å². The Morgan fingerprint density at radius 2 is 2.13 bits per heavy atom. The number of benzene rings is 1. The van der Waals surface area contributed by atoms with Gasteiger partial charge in [-0.2, -0.15) is 0 Å². The van der Waals surface area contributed by atoms with E-state index in [-0.39, 0.29) is 0 Å². The molecule has 2 aliphatic rings. The van der Waals surface area contributed by atoms with E-state index in [0.717, 1.165) is 30.5 Å². The summed E-state index contributed by atoms with van der Waals surface area (Å²) in [6.45, 7) is 0.771. The lowest BCUT2D eigenvalue weighted by Gasteiger charge is -2.26. The molecule has 1 atom stereocenters. The van der Waals surface area contributed by atoms with Gasteiger partial charge in [-0.15, -0.1) is 0 Å². The standard InChI is InChI=1S/C12H16N2O/c13-9-2-1-8-5-11(14-10-3-4-10)7-15-12(8)6-9/h1-2,6,10-11,14H,3-5,7,13H2. The van der Waals surface area contributed by atoms with E-state index < -0.39 is 0 Å². The van der Waals surface area contributed by atoms with E-state index >= 15 is 0 Å². The molecule has 0 aromatic heterocycles. The van der Waals surface area contributed by atoms with Crippen LogP contribution in [0.4, 0.5) is 5.69 Å². The minimum Gasteiger partial charge on any atom is -0.492 e. The van der Waals surface area contributed by atoms with Crippen molar-refractivity contribution >= 4 is 5.69 Å².